The number of hydrogen-bond acceptors (Lipinski definition) is 10. The molecule has 2 aliphatic rings. The second kappa shape index (κ2) is 12.8. The number of nitrogens with one attached hydrogen (secondary N) is 2. The molecule has 4 N–H and O–H groups in total. The maximum atomic E-state index is 14.0. The van der Waals surface area contributed by atoms with Gasteiger partial charge in [-0.2, -0.15) is 5.26 Å². The van der Waals surface area contributed by atoms with Gasteiger partial charge in [0.05, 0.1) is 27.6 Å². The molecule has 238 valence electrons. The Bertz CT molecular complexity index is 1940. The summed E-state index contributed by atoms with van der Waals surface area (Å²) >= 11 is 0. The fourth-order valence-electron chi connectivity index (χ4n) is 6.22. The first kappa shape index (κ1) is 31.0. The number of nitriles is 1. The van der Waals surface area contributed by atoms with Gasteiger partial charge in [-0.3, -0.25) is 19.8 Å². The van der Waals surface area contributed by atoms with Crippen molar-refractivity contribution in [3.63, 3.8) is 0 Å². The Morgan fingerprint density at radius 1 is 1.13 bits per heavy atom. The lowest BCUT2D eigenvalue weighted by Gasteiger charge is -2.37. The molecule has 46 heavy (non-hydrogen) atoms. The minimum absolute atomic E-state index is 0.0207. The number of anilines is 1. The third-order valence-corrected chi connectivity index (χ3v) is 10.4. The van der Waals surface area contributed by atoms with E-state index in [1.54, 1.807) is 18.3 Å². The van der Waals surface area contributed by atoms with Crippen LogP contribution in [-0.4, -0.2) is 58.8 Å². The molecule has 0 unspecified atom stereocenters. The van der Waals surface area contributed by atoms with Gasteiger partial charge in [-0.25, -0.2) is 13.4 Å². The summed E-state index contributed by atoms with van der Waals surface area (Å²) in [6.07, 6.45) is 9.28. The smallest absolute Gasteiger partial charge is 0.293 e. The Kier molecular flexibility index (Phi) is 8.61. The number of pyridine rings is 1. The quantitative estimate of drug-likeness (QED) is 0.135. The van der Waals surface area contributed by atoms with Crippen LogP contribution in [0.4, 0.5) is 11.4 Å². The zero-order valence-electron chi connectivity index (χ0n) is 24.9. The van der Waals surface area contributed by atoms with Crippen LogP contribution in [0.25, 0.3) is 11.0 Å². The molecule has 2 aromatic heterocycles. The number of aromatic nitrogens is 2. The van der Waals surface area contributed by atoms with E-state index in [1.807, 2.05) is 0 Å². The van der Waals surface area contributed by atoms with Gasteiger partial charge in [-0.1, -0.05) is 6.07 Å². The largest absolute Gasteiger partial charge is 0.453 e. The highest BCUT2D eigenvalue weighted by molar-refractivity contribution is 7.91. The molecule has 2 saturated carbocycles. The third kappa shape index (κ3) is 6.37. The van der Waals surface area contributed by atoms with Crippen molar-refractivity contribution in [2.45, 2.75) is 72.9 Å². The fraction of sp³-hybridized carbons (Fsp3) is 0.344. The van der Waals surface area contributed by atoms with Gasteiger partial charge in [0.1, 0.15) is 22.0 Å². The Morgan fingerprint density at radius 3 is 2.54 bits per heavy atom. The summed E-state index contributed by atoms with van der Waals surface area (Å²) in [6.45, 7) is 0.763. The number of nitro benzene ring substituents is 1. The van der Waals surface area contributed by atoms with Crippen LogP contribution in [0.2, 0.25) is 0 Å². The van der Waals surface area contributed by atoms with Gasteiger partial charge in [-0.05, 0) is 74.9 Å². The van der Waals surface area contributed by atoms with Crippen LogP contribution < -0.4 is 15.8 Å². The molecule has 13 nitrogen and oxygen atoms in total. The van der Waals surface area contributed by atoms with Gasteiger partial charge in [0.15, 0.2) is 5.75 Å². The molecule has 2 heterocycles. The fourth-order valence-corrected chi connectivity index (χ4v) is 7.64. The van der Waals surface area contributed by atoms with Crippen molar-refractivity contribution >= 4 is 38.2 Å². The monoisotopic (exact) mass is 643 g/mol. The number of amides is 1. The molecule has 0 atom stereocenters. The highest BCUT2D eigenvalue weighted by atomic mass is 32.2. The number of fused-ring (bicyclic) bond motifs is 1. The van der Waals surface area contributed by atoms with Gasteiger partial charge in [-0.15, -0.1) is 0 Å². The summed E-state index contributed by atoms with van der Waals surface area (Å²) in [5.74, 6) is -1.04. The predicted molar refractivity (Wildman–Crippen MR) is 169 cm³/mol. The van der Waals surface area contributed by atoms with Gasteiger partial charge in [0, 0.05) is 48.7 Å². The van der Waals surface area contributed by atoms with E-state index in [1.165, 1.54) is 36.5 Å². The Labute approximate surface area is 265 Å². The summed E-state index contributed by atoms with van der Waals surface area (Å²) in [5.41, 5.74) is 5.84. The molecule has 14 heteroatoms. The zero-order chi connectivity index (χ0) is 32.4. The minimum Gasteiger partial charge on any atom is -0.453 e. The van der Waals surface area contributed by atoms with Crippen LogP contribution in [-0.2, 0) is 9.84 Å². The SMILES string of the molecule is N#CCCN(C1CCC(Nc2ccc(S(=O)(=O)c3cccc(C(N)=O)c3Oc3cnc4[nH]ccc4c3)cc2[N+](=O)[O-])CC1)C1CC1. The van der Waals surface area contributed by atoms with Crippen LogP contribution in [0.3, 0.4) is 0 Å². The average Bonchev–Trinajstić information content (AvgIpc) is 3.77. The summed E-state index contributed by atoms with van der Waals surface area (Å²) < 4.78 is 33.9. The standard InChI is InChI=1S/C32H33N7O6S/c33-14-2-16-38(23-9-10-23)22-7-5-21(6-8-22)37-27-12-11-25(18-28(27)39(41)42)46(43,44)29-4-1-3-26(31(34)40)30(29)45-24-17-20-13-15-35-32(20)36-19-24/h1,3-4,11-13,15,17-19,21-23,37H,2,5-10,16H2,(H2,34,40)(H,35,36). The molecule has 0 aliphatic heterocycles. The van der Waals surface area contributed by atoms with E-state index < -0.39 is 20.7 Å². The van der Waals surface area contributed by atoms with Crippen molar-refractivity contribution in [3.8, 4) is 17.6 Å². The summed E-state index contributed by atoms with van der Waals surface area (Å²) in [4.78, 5) is 32.8. The van der Waals surface area contributed by atoms with Gasteiger partial charge in [0.25, 0.3) is 11.6 Å². The highest BCUT2D eigenvalue weighted by Gasteiger charge is 2.36. The van der Waals surface area contributed by atoms with Crippen molar-refractivity contribution in [2.75, 3.05) is 11.9 Å². The van der Waals surface area contributed by atoms with Crippen molar-refractivity contribution in [2.24, 2.45) is 5.73 Å². The molecule has 4 aromatic rings. The normalized spacial score (nSPS) is 18.3. The van der Waals surface area contributed by atoms with Crippen molar-refractivity contribution in [1.82, 2.24) is 14.9 Å². The van der Waals surface area contributed by atoms with Gasteiger partial charge < -0.3 is 20.8 Å². The van der Waals surface area contributed by atoms with Crippen molar-refractivity contribution in [3.05, 3.63) is 76.6 Å². The van der Waals surface area contributed by atoms with Crippen LogP contribution in [0.1, 0.15) is 55.3 Å². The number of carbonyl (C=O) groups is 1. The Morgan fingerprint density at radius 2 is 1.87 bits per heavy atom. The van der Waals surface area contributed by atoms with Crippen molar-refractivity contribution < 1.29 is 22.9 Å². The van der Waals surface area contributed by atoms with Gasteiger partial charge in [0.2, 0.25) is 9.84 Å². The van der Waals surface area contributed by atoms with E-state index in [4.69, 9.17) is 15.7 Å². The first-order valence-corrected chi connectivity index (χ1v) is 16.6. The summed E-state index contributed by atoms with van der Waals surface area (Å²) in [7, 11) is -4.43. The number of hydrogen-bond donors (Lipinski definition) is 3. The second-order valence-corrected chi connectivity index (χ2v) is 13.6. The molecular weight excluding hydrogens is 610 g/mol. The lowest BCUT2D eigenvalue weighted by atomic mass is 9.89. The summed E-state index contributed by atoms with van der Waals surface area (Å²) in [6, 6.07) is 14.2. The number of primary amides is 1. The number of ether oxygens (including phenoxy) is 1. The topological polar surface area (TPSA) is 197 Å². The molecule has 2 fully saturated rings. The lowest BCUT2D eigenvalue weighted by Crippen LogP contribution is -2.42. The number of benzene rings is 2. The first-order chi connectivity index (χ1) is 22.2. The molecule has 0 bridgehead atoms. The van der Waals surface area contributed by atoms with E-state index in [0.717, 1.165) is 51.1 Å². The first-order valence-electron chi connectivity index (χ1n) is 15.1. The number of aromatic amines is 1. The third-order valence-electron chi connectivity index (χ3n) is 8.63. The maximum absolute atomic E-state index is 14.0. The van der Waals surface area contributed by atoms with Crippen LogP contribution in [0, 0.1) is 21.4 Å². The van der Waals surface area contributed by atoms with Gasteiger partial charge >= 0.3 is 0 Å². The number of rotatable bonds is 12. The van der Waals surface area contributed by atoms with Crippen LogP contribution in [0.5, 0.6) is 11.5 Å². The predicted octanol–water partition coefficient (Wildman–Crippen LogP) is 5.30. The van der Waals surface area contributed by atoms with Crippen LogP contribution >= 0.6 is 0 Å². The second-order valence-electron chi connectivity index (χ2n) is 11.7. The van der Waals surface area contributed by atoms with Crippen LogP contribution in [0.15, 0.2) is 70.7 Å². The average molecular weight is 644 g/mol. The molecule has 0 radical (unpaired) electrons. The molecule has 6 rings (SSSR count). The molecular formula is C32H33N7O6S. The minimum atomic E-state index is -4.43. The highest BCUT2D eigenvalue weighted by Crippen LogP contribution is 2.39. The lowest BCUT2D eigenvalue weighted by molar-refractivity contribution is -0.384. The number of nitro groups is 1. The van der Waals surface area contributed by atoms with E-state index in [2.05, 4.69) is 26.3 Å². The van der Waals surface area contributed by atoms with E-state index >= 15 is 0 Å². The molecule has 1 amide bonds. The number of para-hydroxylation sites is 1. The van der Waals surface area contributed by atoms with E-state index in [0.29, 0.717) is 29.5 Å². The molecule has 0 saturated heterocycles. The Balaban J connectivity index is 1.25. The zero-order valence-corrected chi connectivity index (χ0v) is 25.7. The number of nitrogens with zero attached hydrogens (tertiary/aromatic N) is 4. The number of H-pyrrole nitrogens is 1. The number of sulfone groups is 1. The van der Waals surface area contributed by atoms with E-state index in [-0.39, 0.29) is 44.3 Å². The maximum Gasteiger partial charge on any atom is 0.293 e. The van der Waals surface area contributed by atoms with Crippen molar-refractivity contribution in [1.29, 1.82) is 5.26 Å². The summed E-state index contributed by atoms with van der Waals surface area (Å²) in [5, 5.41) is 25.2. The Hall–Kier alpha value is -5.00. The number of nitrogens with two attached hydrogens (primary N) is 1. The molecule has 0 spiro atoms. The molecule has 2 aromatic carbocycles. The molecule has 2 aliphatic carbocycles. The van der Waals surface area contributed by atoms with E-state index in [9.17, 15) is 23.3 Å². The number of carbonyl (C=O) groups excluding carboxylic acids is 1.